The van der Waals surface area contributed by atoms with Gasteiger partial charge in [0, 0.05) is 44.8 Å². The smallest absolute Gasteiger partial charge is 0.171 e. The second-order valence-corrected chi connectivity index (χ2v) is 17.5. The van der Waals surface area contributed by atoms with Gasteiger partial charge in [0.25, 0.3) is 0 Å². The lowest BCUT2D eigenvalue weighted by atomic mass is 10.1. The fourth-order valence-electron chi connectivity index (χ4n) is 6.21. The van der Waals surface area contributed by atoms with Crippen molar-refractivity contribution in [3.8, 4) is 34.5 Å². The molecule has 5 N–H and O–H groups in total. The van der Waals surface area contributed by atoms with Gasteiger partial charge in [-0.05, 0) is 179 Å². The van der Waals surface area contributed by atoms with E-state index in [4.69, 9.17) is 9.47 Å². The zero-order valence-corrected chi connectivity index (χ0v) is 38.0. The number of hydrogen-bond donors (Lipinski definition) is 5. The first-order valence-corrected chi connectivity index (χ1v) is 20.8. The third-order valence-corrected chi connectivity index (χ3v) is 12.1. The average molecular weight is 1170 g/mol. The Morgan fingerprint density at radius 3 is 1.19 bits per heavy atom. The molecule has 0 amide bonds. The number of hydrogen-bond acceptors (Lipinski definition) is 9. The summed E-state index contributed by atoms with van der Waals surface area (Å²) in [5.74, 6) is 1.50. The molecular formula is C40H40I4N2O7. The number of nitrogens with zero attached hydrogens (tertiary/aromatic N) is 2. The van der Waals surface area contributed by atoms with E-state index in [0.29, 0.717) is 69.2 Å². The minimum atomic E-state index is -0.257. The van der Waals surface area contributed by atoms with Crippen LogP contribution in [0.1, 0.15) is 44.5 Å². The Balaban J connectivity index is 1.41. The summed E-state index contributed by atoms with van der Waals surface area (Å²) in [5, 5.41) is 51.6. The maximum absolute atomic E-state index is 10.5. The number of aliphatic hydroxyl groups excluding tert-OH is 1. The Kier molecular flexibility index (Phi) is 15.0. The number of rotatable bonds is 15. The van der Waals surface area contributed by atoms with Crippen LogP contribution in [-0.2, 0) is 45.9 Å². The third-order valence-electron chi connectivity index (χ3n) is 8.76. The van der Waals surface area contributed by atoms with E-state index in [-0.39, 0.29) is 23.9 Å². The van der Waals surface area contributed by atoms with Crippen molar-refractivity contribution in [2.45, 2.75) is 52.8 Å². The quantitative estimate of drug-likeness (QED) is 0.0653. The predicted octanol–water partition coefficient (Wildman–Crippen LogP) is 9.15. The molecule has 9 nitrogen and oxygen atoms in total. The Morgan fingerprint density at radius 2 is 0.811 bits per heavy atom. The molecule has 0 aliphatic heterocycles. The minimum absolute atomic E-state index is 0.0976. The Hall–Kier alpha value is -2.30. The van der Waals surface area contributed by atoms with Gasteiger partial charge in [0.15, 0.2) is 23.0 Å². The first kappa shape index (κ1) is 41.9. The summed E-state index contributed by atoms with van der Waals surface area (Å²) in [6, 6.07) is 24.0. The van der Waals surface area contributed by atoms with Crippen LogP contribution in [0.5, 0.6) is 34.5 Å². The zero-order chi connectivity index (χ0) is 38.4. The van der Waals surface area contributed by atoms with E-state index in [1.165, 1.54) is 0 Å². The highest BCUT2D eigenvalue weighted by molar-refractivity contribution is 14.1. The number of benzene rings is 5. The van der Waals surface area contributed by atoms with Crippen LogP contribution in [0.25, 0.3) is 0 Å². The zero-order valence-electron chi connectivity index (χ0n) is 29.3. The number of halogens is 4. The maximum atomic E-state index is 10.5. The molecule has 0 spiro atoms. The molecule has 0 saturated heterocycles. The summed E-state index contributed by atoms with van der Waals surface area (Å²) in [7, 11) is 3.09. The monoisotopic (exact) mass is 1170 g/mol. The fourth-order valence-corrected chi connectivity index (χ4v) is 9.12. The van der Waals surface area contributed by atoms with Gasteiger partial charge >= 0.3 is 0 Å². The van der Waals surface area contributed by atoms with Crippen molar-refractivity contribution in [1.82, 2.24) is 9.80 Å². The molecule has 0 aliphatic rings. The van der Waals surface area contributed by atoms with Crippen LogP contribution >= 0.6 is 90.4 Å². The molecular weight excluding hydrogens is 1130 g/mol. The van der Waals surface area contributed by atoms with Gasteiger partial charge in [-0.25, -0.2) is 0 Å². The number of methoxy groups -OCH3 is 2. The predicted molar refractivity (Wildman–Crippen MR) is 239 cm³/mol. The number of aryl methyl sites for hydroxylation is 1. The van der Waals surface area contributed by atoms with Gasteiger partial charge in [0.05, 0.1) is 35.1 Å². The fraction of sp³-hybridized carbons (Fsp3) is 0.250. The molecule has 0 fully saturated rings. The summed E-state index contributed by atoms with van der Waals surface area (Å²) in [4.78, 5) is 4.61. The van der Waals surface area contributed by atoms with Crippen molar-refractivity contribution < 1.29 is 35.0 Å². The van der Waals surface area contributed by atoms with Gasteiger partial charge in [-0.1, -0.05) is 30.3 Å². The topological polar surface area (TPSA) is 126 Å². The van der Waals surface area contributed by atoms with Crippen LogP contribution in [0.2, 0.25) is 0 Å². The van der Waals surface area contributed by atoms with Gasteiger partial charge < -0.3 is 35.0 Å². The highest BCUT2D eigenvalue weighted by atomic mass is 127. The second kappa shape index (κ2) is 19.0. The molecule has 0 unspecified atom stereocenters. The van der Waals surface area contributed by atoms with Gasteiger partial charge in [-0.2, -0.15) is 0 Å². The van der Waals surface area contributed by atoms with Crippen molar-refractivity contribution >= 4 is 90.4 Å². The van der Waals surface area contributed by atoms with E-state index in [1.807, 2.05) is 55.5 Å². The van der Waals surface area contributed by atoms with E-state index >= 15 is 0 Å². The van der Waals surface area contributed by atoms with Crippen LogP contribution in [0.4, 0.5) is 0 Å². The number of aliphatic hydroxyl groups is 1. The van der Waals surface area contributed by atoms with E-state index in [2.05, 4.69) is 124 Å². The van der Waals surface area contributed by atoms with Gasteiger partial charge in [-0.3, -0.25) is 9.80 Å². The molecule has 5 aromatic carbocycles. The molecule has 0 bridgehead atoms. The molecule has 53 heavy (non-hydrogen) atoms. The van der Waals surface area contributed by atoms with Crippen molar-refractivity contribution in [1.29, 1.82) is 0 Å². The molecule has 5 rings (SSSR count). The normalized spacial score (nSPS) is 11.4. The maximum Gasteiger partial charge on any atom is 0.171 e. The minimum Gasteiger partial charge on any atom is -0.507 e. The average Bonchev–Trinajstić information content (AvgIpc) is 3.12. The molecule has 0 atom stereocenters. The van der Waals surface area contributed by atoms with E-state index in [0.717, 1.165) is 46.1 Å². The number of ether oxygens (including phenoxy) is 2. The number of aromatic hydroxyl groups is 4. The van der Waals surface area contributed by atoms with Gasteiger partial charge in [0.1, 0.15) is 11.5 Å². The molecule has 0 aromatic heterocycles. The summed E-state index contributed by atoms with van der Waals surface area (Å²) in [5.41, 5.74) is 7.59. The van der Waals surface area contributed by atoms with Crippen LogP contribution in [0, 0.1) is 21.2 Å². The Bertz CT molecular complexity index is 1990. The first-order chi connectivity index (χ1) is 25.3. The van der Waals surface area contributed by atoms with E-state index in [1.54, 1.807) is 14.2 Å². The van der Waals surface area contributed by atoms with Gasteiger partial charge in [0.2, 0.25) is 0 Å². The van der Waals surface area contributed by atoms with E-state index in [9.17, 15) is 25.5 Å². The Morgan fingerprint density at radius 1 is 0.472 bits per heavy atom. The van der Waals surface area contributed by atoms with Crippen molar-refractivity contribution in [3.05, 3.63) is 132 Å². The lowest BCUT2D eigenvalue weighted by Crippen LogP contribution is -2.23. The van der Waals surface area contributed by atoms with Crippen molar-refractivity contribution in [3.63, 3.8) is 0 Å². The molecule has 13 heteroatoms. The standard InChI is InChI=1S/C40H40I4N2O7/c1-23-8-26(10-31(41)37(23)48)18-45(20-28-12-33(43)39(50)35(14-28)52-2)16-24-4-6-25(7-5-24)17-46(19-27-9-30(22-47)38(49)32(42)11-27)21-29-13-34(44)40(51)36(15-29)53-3/h4-15,47-51H,16-22H2,1-3H3. The highest BCUT2D eigenvalue weighted by Crippen LogP contribution is 2.35. The van der Waals surface area contributed by atoms with E-state index < -0.39 is 0 Å². The van der Waals surface area contributed by atoms with Crippen LogP contribution in [0.3, 0.4) is 0 Å². The molecule has 5 aromatic rings. The lowest BCUT2D eigenvalue weighted by molar-refractivity contribution is 0.244. The highest BCUT2D eigenvalue weighted by Gasteiger charge is 2.18. The lowest BCUT2D eigenvalue weighted by Gasteiger charge is -2.25. The largest absolute Gasteiger partial charge is 0.507 e. The van der Waals surface area contributed by atoms with Crippen LogP contribution < -0.4 is 9.47 Å². The molecule has 280 valence electrons. The summed E-state index contributed by atoms with van der Waals surface area (Å²) in [6.07, 6.45) is 0. The molecule has 0 saturated carbocycles. The molecule has 0 radical (unpaired) electrons. The third kappa shape index (κ3) is 10.9. The summed E-state index contributed by atoms with van der Waals surface area (Å²) >= 11 is 8.49. The van der Waals surface area contributed by atoms with Crippen molar-refractivity contribution in [2.24, 2.45) is 0 Å². The van der Waals surface area contributed by atoms with Gasteiger partial charge in [-0.15, -0.1) is 0 Å². The Labute approximate surface area is 364 Å². The first-order valence-electron chi connectivity index (χ1n) is 16.5. The van der Waals surface area contributed by atoms with Crippen molar-refractivity contribution in [2.75, 3.05) is 14.2 Å². The second-order valence-electron chi connectivity index (χ2n) is 12.9. The van der Waals surface area contributed by atoms with Crippen LogP contribution in [0.15, 0.2) is 72.8 Å². The summed E-state index contributed by atoms with van der Waals surface area (Å²) < 4.78 is 13.8. The summed E-state index contributed by atoms with van der Waals surface area (Å²) in [6.45, 7) is 5.29. The molecule has 0 heterocycles. The van der Waals surface area contributed by atoms with Crippen LogP contribution in [-0.4, -0.2) is 49.6 Å². The number of phenolic OH excluding ortho intramolecular Hbond substituents is 3. The SMILES string of the molecule is COc1cc(CN(Cc2ccc(CN(Cc3cc(I)c(O)c(CO)c3)Cc3cc(I)c(O)c(OC)c3)cc2)Cc2cc(C)c(O)c(I)c2)cc(I)c1O. The molecule has 0 aliphatic carbocycles. The number of phenols is 4.